The summed E-state index contributed by atoms with van der Waals surface area (Å²) in [5, 5.41) is 0. The highest BCUT2D eigenvalue weighted by Crippen LogP contribution is 2.56. The minimum atomic E-state index is 0.171. The van der Waals surface area contributed by atoms with Crippen LogP contribution in [0.25, 0.3) is 78.1 Å². The largest absolute Gasteiger partial charge is 0.248 e. The van der Waals surface area contributed by atoms with Crippen molar-refractivity contribution in [2.75, 3.05) is 0 Å². The Hall–Kier alpha value is -6.31. The van der Waals surface area contributed by atoms with Gasteiger partial charge in [-0.05, 0) is 110 Å². The van der Waals surface area contributed by atoms with Crippen LogP contribution in [-0.4, -0.2) is 4.98 Å². The number of aromatic nitrogens is 1. The second-order valence-corrected chi connectivity index (χ2v) is 15.0. The topological polar surface area (TPSA) is 12.9 Å². The van der Waals surface area contributed by atoms with E-state index in [9.17, 15) is 0 Å². The van der Waals surface area contributed by atoms with Gasteiger partial charge < -0.3 is 0 Å². The van der Waals surface area contributed by atoms with Gasteiger partial charge in [-0.3, -0.25) is 0 Å². The highest BCUT2D eigenvalue weighted by Gasteiger charge is 2.43. The molecule has 0 unspecified atom stereocenters. The van der Waals surface area contributed by atoms with Crippen LogP contribution in [0, 0.1) is 0 Å². The normalized spacial score (nSPS) is 14.1. The van der Waals surface area contributed by atoms with Gasteiger partial charge in [0.05, 0.1) is 11.4 Å². The molecule has 7 aromatic carbocycles. The monoisotopic (exact) mass is 691 g/mol. The van der Waals surface area contributed by atoms with Crippen molar-refractivity contribution in [3.8, 4) is 78.1 Å². The van der Waals surface area contributed by atoms with E-state index in [4.69, 9.17) is 4.98 Å². The zero-order valence-corrected chi connectivity index (χ0v) is 30.4. The first-order valence-corrected chi connectivity index (χ1v) is 19.4. The fourth-order valence-corrected chi connectivity index (χ4v) is 9.25. The summed E-state index contributed by atoms with van der Waals surface area (Å²) in [5.41, 5.74) is 19.9. The zero-order valence-electron chi connectivity index (χ0n) is 30.4. The van der Waals surface area contributed by atoms with E-state index >= 15 is 0 Å². The third-order valence-corrected chi connectivity index (χ3v) is 11.9. The van der Waals surface area contributed by atoms with Gasteiger partial charge in [0.1, 0.15) is 0 Å². The highest BCUT2D eigenvalue weighted by atomic mass is 14.7. The van der Waals surface area contributed by atoms with E-state index in [-0.39, 0.29) is 5.41 Å². The molecule has 1 spiro atoms. The van der Waals surface area contributed by atoms with E-state index in [0.717, 1.165) is 28.1 Å². The van der Waals surface area contributed by atoms with Crippen LogP contribution in [0.1, 0.15) is 43.2 Å². The predicted octanol–water partition coefficient (Wildman–Crippen LogP) is 14.3. The molecule has 2 aliphatic carbocycles. The van der Waals surface area contributed by atoms with E-state index in [0.29, 0.717) is 0 Å². The smallest absolute Gasteiger partial charge is 0.0715 e. The van der Waals surface area contributed by atoms with Crippen molar-refractivity contribution in [3.63, 3.8) is 0 Å². The van der Waals surface area contributed by atoms with Gasteiger partial charge in [-0.2, -0.15) is 0 Å². The van der Waals surface area contributed by atoms with Crippen LogP contribution >= 0.6 is 0 Å². The molecule has 1 saturated carbocycles. The summed E-state index contributed by atoms with van der Waals surface area (Å²) in [4.78, 5) is 5.24. The van der Waals surface area contributed by atoms with Crippen LogP contribution in [0.2, 0.25) is 0 Å². The number of benzene rings is 7. The summed E-state index contributed by atoms with van der Waals surface area (Å²) < 4.78 is 0. The maximum Gasteiger partial charge on any atom is 0.0715 e. The molecule has 0 radical (unpaired) electrons. The number of rotatable bonds is 6. The number of hydrogen-bond donors (Lipinski definition) is 0. The number of hydrogen-bond acceptors (Lipinski definition) is 1. The summed E-state index contributed by atoms with van der Waals surface area (Å²) in [6.07, 6.45) is 6.46. The molecule has 0 bridgehead atoms. The van der Waals surface area contributed by atoms with E-state index < -0.39 is 0 Å². The first kappa shape index (κ1) is 32.3. The maximum atomic E-state index is 5.24. The van der Waals surface area contributed by atoms with Gasteiger partial charge in [0.15, 0.2) is 0 Å². The lowest BCUT2D eigenvalue weighted by molar-refractivity contribution is 0.353. The highest BCUT2D eigenvalue weighted by molar-refractivity contribution is 5.90. The van der Waals surface area contributed by atoms with Gasteiger partial charge in [-0.25, -0.2) is 4.98 Å². The van der Waals surface area contributed by atoms with Gasteiger partial charge in [0.25, 0.3) is 0 Å². The van der Waals surface area contributed by atoms with Crippen LogP contribution in [0.5, 0.6) is 0 Å². The van der Waals surface area contributed by atoms with Crippen molar-refractivity contribution in [1.82, 2.24) is 4.98 Å². The lowest BCUT2D eigenvalue weighted by Crippen LogP contribution is -2.27. The Balaban J connectivity index is 1.08. The summed E-state index contributed by atoms with van der Waals surface area (Å²) in [5.74, 6) is 0. The molecule has 0 amide bonds. The van der Waals surface area contributed by atoms with E-state index in [2.05, 4.69) is 188 Å². The average molecular weight is 692 g/mol. The fourth-order valence-electron chi connectivity index (χ4n) is 9.25. The molecule has 0 saturated heterocycles. The summed E-state index contributed by atoms with van der Waals surface area (Å²) in [6.45, 7) is 0. The summed E-state index contributed by atoms with van der Waals surface area (Å²) >= 11 is 0. The molecule has 1 aromatic heterocycles. The maximum absolute atomic E-state index is 5.24. The predicted molar refractivity (Wildman–Crippen MR) is 226 cm³/mol. The fraction of sp³-hybridized carbons (Fsp3) is 0.113. The van der Waals surface area contributed by atoms with Crippen molar-refractivity contribution in [2.45, 2.75) is 37.5 Å². The number of nitrogens with zero attached hydrogens (tertiary/aromatic N) is 1. The minimum Gasteiger partial charge on any atom is -0.248 e. The molecule has 1 nitrogen and oxygen atoms in total. The molecule has 0 aliphatic heterocycles. The Labute approximate surface area is 318 Å². The van der Waals surface area contributed by atoms with Crippen molar-refractivity contribution in [2.24, 2.45) is 0 Å². The van der Waals surface area contributed by atoms with E-state index in [1.54, 1.807) is 0 Å². The molecule has 1 fully saturated rings. The second kappa shape index (κ2) is 13.6. The standard InChI is InChI=1S/C53H41N/c1-5-16-37(17-6-1)44-35-51(39-20-9-3-10-21-39)54-52(36-44)43-23-15-22-42(32-43)45-28-26-40(33-47(45)38-18-7-2-8-19-38)41-27-29-50-48(34-41)46-24-11-12-25-49(46)53(50)30-13-4-14-31-53/h1-3,5-12,15-29,32-36H,4,13-14,30-31H2. The molecule has 8 aromatic rings. The number of fused-ring (bicyclic) bond motifs is 5. The lowest BCUT2D eigenvalue weighted by Gasteiger charge is -2.36. The molecule has 1 heterocycles. The van der Waals surface area contributed by atoms with Crippen molar-refractivity contribution >= 4 is 0 Å². The lowest BCUT2D eigenvalue weighted by atomic mass is 9.68. The van der Waals surface area contributed by atoms with E-state index in [1.165, 1.54) is 93.3 Å². The van der Waals surface area contributed by atoms with Crippen LogP contribution in [0.3, 0.4) is 0 Å². The first-order valence-electron chi connectivity index (χ1n) is 19.4. The Kier molecular flexibility index (Phi) is 8.14. The Morgan fingerprint density at radius 3 is 1.59 bits per heavy atom. The SMILES string of the molecule is c1ccc(-c2cc(-c3ccccc3)nc(-c3cccc(-c4ccc(-c5ccc6c(c5)-c5ccccc5C65CCCCC5)cc4-c4ccccc4)c3)c2)cc1. The molecule has 54 heavy (non-hydrogen) atoms. The zero-order chi connectivity index (χ0) is 35.9. The van der Waals surface area contributed by atoms with Gasteiger partial charge >= 0.3 is 0 Å². The minimum absolute atomic E-state index is 0.171. The van der Waals surface area contributed by atoms with Gasteiger partial charge in [0.2, 0.25) is 0 Å². The number of pyridine rings is 1. The Bertz CT molecular complexity index is 2560. The van der Waals surface area contributed by atoms with Gasteiger partial charge in [0, 0.05) is 16.5 Å². The molecule has 2 aliphatic rings. The van der Waals surface area contributed by atoms with Crippen molar-refractivity contribution in [1.29, 1.82) is 0 Å². The average Bonchev–Trinajstić information content (AvgIpc) is 3.52. The van der Waals surface area contributed by atoms with E-state index in [1.807, 2.05) is 0 Å². The third kappa shape index (κ3) is 5.69. The second-order valence-electron chi connectivity index (χ2n) is 15.0. The van der Waals surface area contributed by atoms with Gasteiger partial charge in [-0.15, -0.1) is 0 Å². The summed E-state index contributed by atoms with van der Waals surface area (Å²) in [6, 6.07) is 68.8. The van der Waals surface area contributed by atoms with Crippen LogP contribution in [-0.2, 0) is 5.41 Å². The first-order chi connectivity index (χ1) is 26.7. The van der Waals surface area contributed by atoms with Crippen LogP contribution < -0.4 is 0 Å². The third-order valence-electron chi connectivity index (χ3n) is 11.9. The van der Waals surface area contributed by atoms with Crippen molar-refractivity contribution in [3.05, 3.63) is 199 Å². The molecular formula is C53H41N. The Morgan fingerprint density at radius 2 is 0.852 bits per heavy atom. The van der Waals surface area contributed by atoms with Crippen molar-refractivity contribution < 1.29 is 0 Å². The van der Waals surface area contributed by atoms with Gasteiger partial charge in [-0.1, -0.05) is 177 Å². The molecule has 0 atom stereocenters. The molecular weight excluding hydrogens is 651 g/mol. The summed E-state index contributed by atoms with van der Waals surface area (Å²) in [7, 11) is 0. The molecule has 1 heteroatoms. The quantitative estimate of drug-likeness (QED) is 0.169. The molecule has 258 valence electrons. The molecule has 0 N–H and O–H groups in total. The Morgan fingerprint density at radius 1 is 0.296 bits per heavy atom. The molecule has 10 rings (SSSR count). The van der Waals surface area contributed by atoms with Crippen LogP contribution in [0.4, 0.5) is 0 Å². The van der Waals surface area contributed by atoms with Crippen LogP contribution in [0.15, 0.2) is 188 Å².